The highest BCUT2D eigenvalue weighted by Crippen LogP contribution is 2.29. The summed E-state index contributed by atoms with van der Waals surface area (Å²) in [6.07, 6.45) is 3.37. The highest BCUT2D eigenvalue weighted by Gasteiger charge is 2.07. The molecular formula is C17H11N3OS. The maximum Gasteiger partial charge on any atom is 0.141 e. The molecule has 4 rings (SSSR count). The van der Waals surface area contributed by atoms with Gasteiger partial charge in [-0.25, -0.2) is 9.97 Å². The second-order valence-corrected chi connectivity index (χ2v) is 5.70. The first-order valence-electron chi connectivity index (χ1n) is 6.76. The molecule has 3 aromatic heterocycles. The standard InChI is InChI=1S/C17H11N3OS/c21-16-6-7-18-14-5-4-11(10-12(14)16)13-2-1-3-15(20-13)17-19-8-9-22-17/h1-10H,(H,18,21). The number of pyridine rings is 2. The number of fused-ring (bicyclic) bond motifs is 1. The molecule has 0 bridgehead atoms. The largest absolute Gasteiger partial charge is 0.507 e. The second-order valence-electron chi connectivity index (χ2n) is 4.81. The smallest absolute Gasteiger partial charge is 0.141 e. The van der Waals surface area contributed by atoms with Crippen molar-refractivity contribution in [3.8, 4) is 27.7 Å². The molecule has 1 aromatic carbocycles. The first-order chi connectivity index (χ1) is 10.8. The van der Waals surface area contributed by atoms with Gasteiger partial charge in [-0.2, -0.15) is 0 Å². The highest BCUT2D eigenvalue weighted by atomic mass is 32.1. The van der Waals surface area contributed by atoms with E-state index in [0.717, 1.165) is 32.9 Å². The summed E-state index contributed by atoms with van der Waals surface area (Å²) in [4.78, 5) is 13.2. The Labute approximate surface area is 130 Å². The van der Waals surface area contributed by atoms with Crippen LogP contribution in [0.1, 0.15) is 0 Å². The first kappa shape index (κ1) is 12.9. The van der Waals surface area contributed by atoms with Gasteiger partial charge in [-0.1, -0.05) is 12.1 Å². The molecule has 0 atom stereocenters. The van der Waals surface area contributed by atoms with Crippen LogP contribution < -0.4 is 0 Å². The molecule has 22 heavy (non-hydrogen) atoms. The Kier molecular flexibility index (Phi) is 3.05. The van der Waals surface area contributed by atoms with E-state index in [1.807, 2.05) is 41.8 Å². The molecule has 0 radical (unpaired) electrons. The molecule has 0 aliphatic heterocycles. The molecule has 5 heteroatoms. The van der Waals surface area contributed by atoms with E-state index in [0.29, 0.717) is 0 Å². The van der Waals surface area contributed by atoms with Gasteiger partial charge in [0.05, 0.1) is 16.9 Å². The van der Waals surface area contributed by atoms with Crippen LogP contribution in [0.2, 0.25) is 0 Å². The van der Waals surface area contributed by atoms with Gasteiger partial charge in [-0.3, -0.25) is 4.98 Å². The number of benzene rings is 1. The van der Waals surface area contributed by atoms with Gasteiger partial charge >= 0.3 is 0 Å². The normalized spacial score (nSPS) is 10.9. The zero-order valence-electron chi connectivity index (χ0n) is 11.5. The lowest BCUT2D eigenvalue weighted by Gasteiger charge is -2.05. The number of hydrogen-bond donors (Lipinski definition) is 1. The first-order valence-corrected chi connectivity index (χ1v) is 7.64. The van der Waals surface area contributed by atoms with Crippen molar-refractivity contribution in [3.05, 3.63) is 60.2 Å². The van der Waals surface area contributed by atoms with Crippen LogP contribution in [-0.2, 0) is 0 Å². The van der Waals surface area contributed by atoms with Gasteiger partial charge < -0.3 is 5.11 Å². The maximum atomic E-state index is 9.98. The van der Waals surface area contributed by atoms with E-state index >= 15 is 0 Å². The number of aromatic hydroxyl groups is 1. The van der Waals surface area contributed by atoms with Gasteiger partial charge in [0.15, 0.2) is 0 Å². The van der Waals surface area contributed by atoms with Crippen LogP contribution in [0.4, 0.5) is 0 Å². The Morgan fingerprint density at radius 3 is 2.68 bits per heavy atom. The van der Waals surface area contributed by atoms with Crippen molar-refractivity contribution in [1.29, 1.82) is 0 Å². The molecule has 0 saturated carbocycles. The summed E-state index contributed by atoms with van der Waals surface area (Å²) >= 11 is 1.56. The Hall–Kier alpha value is -2.79. The van der Waals surface area contributed by atoms with Crippen LogP contribution in [0, 0.1) is 0 Å². The van der Waals surface area contributed by atoms with Gasteiger partial charge in [0.2, 0.25) is 0 Å². The minimum absolute atomic E-state index is 0.225. The zero-order valence-corrected chi connectivity index (χ0v) is 12.3. The molecule has 0 aliphatic carbocycles. The fourth-order valence-electron chi connectivity index (χ4n) is 2.36. The molecule has 4 aromatic rings. The molecule has 0 unspecified atom stereocenters. The maximum absolute atomic E-state index is 9.98. The number of thiazole rings is 1. The van der Waals surface area contributed by atoms with E-state index in [2.05, 4.69) is 15.0 Å². The Bertz CT molecular complexity index is 951. The van der Waals surface area contributed by atoms with Crippen LogP contribution >= 0.6 is 11.3 Å². The van der Waals surface area contributed by atoms with Gasteiger partial charge in [0.1, 0.15) is 10.8 Å². The molecule has 0 saturated heterocycles. The van der Waals surface area contributed by atoms with E-state index in [9.17, 15) is 5.11 Å². The summed E-state index contributed by atoms with van der Waals surface area (Å²) in [5.41, 5.74) is 3.40. The van der Waals surface area contributed by atoms with E-state index in [1.165, 1.54) is 0 Å². The van der Waals surface area contributed by atoms with Gasteiger partial charge in [-0.15, -0.1) is 11.3 Å². The molecule has 0 fully saturated rings. The van der Waals surface area contributed by atoms with Crippen LogP contribution in [0.15, 0.2) is 60.2 Å². The van der Waals surface area contributed by atoms with Gasteiger partial charge in [0, 0.05) is 28.7 Å². The zero-order chi connectivity index (χ0) is 14.9. The van der Waals surface area contributed by atoms with E-state index in [-0.39, 0.29) is 5.75 Å². The fraction of sp³-hybridized carbons (Fsp3) is 0. The Morgan fingerprint density at radius 2 is 1.82 bits per heavy atom. The average molecular weight is 305 g/mol. The van der Waals surface area contributed by atoms with Gasteiger partial charge in [0.25, 0.3) is 0 Å². The Balaban J connectivity index is 1.85. The third-order valence-electron chi connectivity index (χ3n) is 3.41. The van der Waals surface area contributed by atoms with Crippen LogP contribution in [0.3, 0.4) is 0 Å². The lowest BCUT2D eigenvalue weighted by Crippen LogP contribution is -1.88. The molecule has 0 spiro atoms. The topological polar surface area (TPSA) is 58.9 Å². The minimum atomic E-state index is 0.225. The van der Waals surface area contributed by atoms with E-state index in [4.69, 9.17) is 0 Å². The third kappa shape index (κ3) is 2.21. The van der Waals surface area contributed by atoms with Gasteiger partial charge in [-0.05, 0) is 30.3 Å². The van der Waals surface area contributed by atoms with Crippen molar-refractivity contribution < 1.29 is 5.11 Å². The summed E-state index contributed by atoms with van der Waals surface area (Å²) in [7, 11) is 0. The summed E-state index contributed by atoms with van der Waals surface area (Å²) in [6, 6.07) is 13.2. The molecule has 4 nitrogen and oxygen atoms in total. The predicted molar refractivity (Wildman–Crippen MR) is 87.7 cm³/mol. The summed E-state index contributed by atoms with van der Waals surface area (Å²) < 4.78 is 0. The van der Waals surface area contributed by atoms with Crippen LogP contribution in [0.25, 0.3) is 32.9 Å². The van der Waals surface area contributed by atoms with Crippen molar-refractivity contribution in [2.24, 2.45) is 0 Å². The average Bonchev–Trinajstić information content (AvgIpc) is 3.10. The summed E-state index contributed by atoms with van der Waals surface area (Å²) in [5.74, 6) is 0.225. The van der Waals surface area contributed by atoms with Crippen LogP contribution in [-0.4, -0.2) is 20.1 Å². The number of nitrogens with zero attached hydrogens (tertiary/aromatic N) is 3. The monoisotopic (exact) mass is 305 g/mol. The lowest BCUT2D eigenvalue weighted by molar-refractivity contribution is 0.481. The van der Waals surface area contributed by atoms with Crippen molar-refractivity contribution in [2.45, 2.75) is 0 Å². The molecule has 0 amide bonds. The van der Waals surface area contributed by atoms with Crippen molar-refractivity contribution in [3.63, 3.8) is 0 Å². The molecule has 1 N–H and O–H groups in total. The molecule has 3 heterocycles. The van der Waals surface area contributed by atoms with E-state index in [1.54, 1.807) is 29.8 Å². The third-order valence-corrected chi connectivity index (χ3v) is 4.21. The molecule has 106 valence electrons. The Morgan fingerprint density at radius 1 is 0.909 bits per heavy atom. The van der Waals surface area contributed by atoms with Crippen molar-refractivity contribution in [2.75, 3.05) is 0 Å². The number of hydrogen-bond acceptors (Lipinski definition) is 5. The van der Waals surface area contributed by atoms with E-state index < -0.39 is 0 Å². The SMILES string of the molecule is Oc1ccnc2ccc(-c3cccc(-c4nccs4)n3)cc12. The highest BCUT2D eigenvalue weighted by molar-refractivity contribution is 7.13. The summed E-state index contributed by atoms with van der Waals surface area (Å²) in [5, 5.41) is 13.5. The minimum Gasteiger partial charge on any atom is -0.507 e. The van der Waals surface area contributed by atoms with Crippen molar-refractivity contribution in [1.82, 2.24) is 15.0 Å². The molecule has 0 aliphatic rings. The number of aromatic nitrogens is 3. The molecular weight excluding hydrogens is 294 g/mol. The fourth-order valence-corrected chi connectivity index (χ4v) is 2.96. The lowest BCUT2D eigenvalue weighted by atomic mass is 10.1. The van der Waals surface area contributed by atoms with Crippen LogP contribution in [0.5, 0.6) is 5.75 Å². The van der Waals surface area contributed by atoms with Crippen molar-refractivity contribution >= 4 is 22.2 Å². The summed E-state index contributed by atoms with van der Waals surface area (Å²) in [6.45, 7) is 0. The number of rotatable bonds is 2. The second kappa shape index (κ2) is 5.20. The quantitative estimate of drug-likeness (QED) is 0.605. The predicted octanol–water partition coefficient (Wildman–Crippen LogP) is 4.13.